The fourth-order valence-corrected chi connectivity index (χ4v) is 3.07. The van der Waals surface area contributed by atoms with Gasteiger partial charge in [0.05, 0.1) is 5.92 Å². The van der Waals surface area contributed by atoms with Gasteiger partial charge in [0.15, 0.2) is 0 Å². The first kappa shape index (κ1) is 20.2. The Hall–Kier alpha value is -2.08. The summed E-state index contributed by atoms with van der Waals surface area (Å²) < 4.78 is 0. The Kier molecular flexibility index (Phi) is 7.45. The van der Waals surface area contributed by atoms with Crippen molar-refractivity contribution in [3.8, 4) is 0 Å². The van der Waals surface area contributed by atoms with Crippen LogP contribution < -0.4 is 10.6 Å². The predicted octanol–water partition coefficient (Wildman–Crippen LogP) is 2.22. The van der Waals surface area contributed by atoms with Gasteiger partial charge in [-0.1, -0.05) is 18.5 Å². The topological polar surface area (TPSA) is 78.5 Å². The number of hydrogen-bond donors (Lipinski definition) is 2. The van der Waals surface area contributed by atoms with Crippen molar-refractivity contribution in [2.24, 2.45) is 5.92 Å². The first-order chi connectivity index (χ1) is 12.4. The van der Waals surface area contributed by atoms with Gasteiger partial charge >= 0.3 is 0 Å². The first-order valence-electron chi connectivity index (χ1n) is 9.05. The third-order valence-electron chi connectivity index (χ3n) is 4.47. The number of carbonyl (C=O) groups is 3. The van der Waals surface area contributed by atoms with Gasteiger partial charge in [0.25, 0.3) is 5.91 Å². The lowest BCUT2D eigenvalue weighted by Gasteiger charge is -2.32. The monoisotopic (exact) mass is 379 g/mol. The maximum atomic E-state index is 12.6. The van der Waals surface area contributed by atoms with E-state index in [0.717, 1.165) is 12.8 Å². The summed E-state index contributed by atoms with van der Waals surface area (Å²) in [5, 5.41) is 6.10. The molecule has 3 amide bonds. The van der Waals surface area contributed by atoms with Crippen LogP contribution in [0, 0.1) is 5.92 Å². The molecule has 1 fully saturated rings. The summed E-state index contributed by atoms with van der Waals surface area (Å²) in [4.78, 5) is 38.7. The highest BCUT2D eigenvalue weighted by atomic mass is 35.5. The van der Waals surface area contributed by atoms with Crippen molar-refractivity contribution < 1.29 is 14.4 Å². The molecular formula is C19H26ClN3O3. The number of likely N-dealkylation sites (tertiary alicyclic amines) is 1. The van der Waals surface area contributed by atoms with Crippen molar-refractivity contribution in [3.05, 3.63) is 34.9 Å². The van der Waals surface area contributed by atoms with E-state index < -0.39 is 6.04 Å². The molecule has 26 heavy (non-hydrogen) atoms. The molecule has 7 heteroatoms. The minimum absolute atomic E-state index is 0.104. The van der Waals surface area contributed by atoms with Crippen molar-refractivity contribution in [2.45, 2.75) is 39.2 Å². The summed E-state index contributed by atoms with van der Waals surface area (Å²) in [6.45, 7) is 5.21. The Labute approximate surface area is 159 Å². The smallest absolute Gasteiger partial charge is 0.253 e. The lowest BCUT2D eigenvalue weighted by atomic mass is 9.96. The quantitative estimate of drug-likeness (QED) is 0.795. The maximum absolute atomic E-state index is 12.6. The molecule has 142 valence electrons. The van der Waals surface area contributed by atoms with E-state index in [4.69, 9.17) is 11.6 Å². The molecule has 2 N–H and O–H groups in total. The molecule has 0 bridgehead atoms. The highest BCUT2D eigenvalue weighted by Crippen LogP contribution is 2.20. The van der Waals surface area contributed by atoms with E-state index >= 15 is 0 Å². The number of rotatable bonds is 6. The largest absolute Gasteiger partial charge is 0.354 e. The maximum Gasteiger partial charge on any atom is 0.253 e. The van der Waals surface area contributed by atoms with Crippen LogP contribution in [0.4, 0.5) is 0 Å². The SMILES string of the molecule is CCCNC(=O)[C@H](C)NC(=O)[C@H]1CCCN(C(=O)c2ccc(Cl)cc2)C1. The highest BCUT2D eigenvalue weighted by Gasteiger charge is 2.30. The van der Waals surface area contributed by atoms with Crippen molar-refractivity contribution in [3.63, 3.8) is 0 Å². The van der Waals surface area contributed by atoms with Crippen LogP contribution >= 0.6 is 11.6 Å². The Balaban J connectivity index is 1.92. The number of nitrogens with one attached hydrogen (secondary N) is 2. The second-order valence-corrected chi connectivity index (χ2v) is 7.05. The van der Waals surface area contributed by atoms with Crippen LogP contribution in [0.3, 0.4) is 0 Å². The third kappa shape index (κ3) is 5.46. The molecular weight excluding hydrogens is 354 g/mol. The molecule has 0 aliphatic carbocycles. The zero-order chi connectivity index (χ0) is 19.1. The van der Waals surface area contributed by atoms with Gasteiger partial charge in [-0.05, 0) is 50.5 Å². The zero-order valence-electron chi connectivity index (χ0n) is 15.3. The van der Waals surface area contributed by atoms with Crippen molar-refractivity contribution in [2.75, 3.05) is 19.6 Å². The number of halogens is 1. The Morgan fingerprint density at radius 1 is 1.27 bits per heavy atom. The van der Waals surface area contributed by atoms with Crippen molar-refractivity contribution in [1.82, 2.24) is 15.5 Å². The van der Waals surface area contributed by atoms with Crippen molar-refractivity contribution >= 4 is 29.3 Å². The van der Waals surface area contributed by atoms with Gasteiger partial charge in [0.2, 0.25) is 11.8 Å². The zero-order valence-corrected chi connectivity index (χ0v) is 16.0. The van der Waals surface area contributed by atoms with Crippen LogP contribution in [0.1, 0.15) is 43.5 Å². The minimum atomic E-state index is -0.587. The van der Waals surface area contributed by atoms with Crippen LogP contribution in [-0.2, 0) is 9.59 Å². The summed E-state index contributed by atoms with van der Waals surface area (Å²) in [5.41, 5.74) is 0.558. The molecule has 2 atom stereocenters. The van der Waals surface area contributed by atoms with Gasteiger partial charge in [-0.3, -0.25) is 14.4 Å². The van der Waals surface area contributed by atoms with E-state index in [1.165, 1.54) is 0 Å². The fraction of sp³-hybridized carbons (Fsp3) is 0.526. The molecule has 0 aromatic heterocycles. The third-order valence-corrected chi connectivity index (χ3v) is 4.72. The fourth-order valence-electron chi connectivity index (χ4n) is 2.95. The van der Waals surface area contributed by atoms with Gasteiger partial charge in [-0.25, -0.2) is 0 Å². The second-order valence-electron chi connectivity index (χ2n) is 6.62. The molecule has 0 unspecified atom stereocenters. The first-order valence-corrected chi connectivity index (χ1v) is 9.43. The molecule has 1 saturated heterocycles. The van der Waals surface area contributed by atoms with Crippen LogP contribution in [0.25, 0.3) is 0 Å². The predicted molar refractivity (Wildman–Crippen MR) is 101 cm³/mol. The number of piperidine rings is 1. The number of carbonyl (C=O) groups excluding carboxylic acids is 3. The summed E-state index contributed by atoms with van der Waals surface area (Å²) in [6, 6.07) is 6.15. The Morgan fingerprint density at radius 2 is 1.96 bits per heavy atom. The molecule has 0 saturated carbocycles. The lowest BCUT2D eigenvalue weighted by molar-refractivity contribution is -0.131. The Morgan fingerprint density at radius 3 is 2.62 bits per heavy atom. The van der Waals surface area contributed by atoms with Crippen molar-refractivity contribution in [1.29, 1.82) is 0 Å². The number of hydrogen-bond acceptors (Lipinski definition) is 3. The molecule has 6 nitrogen and oxygen atoms in total. The minimum Gasteiger partial charge on any atom is -0.354 e. The molecule has 1 aromatic rings. The summed E-state index contributed by atoms with van der Waals surface area (Å²) in [6.07, 6.45) is 2.31. The molecule has 1 aromatic carbocycles. The molecule has 1 heterocycles. The molecule has 0 radical (unpaired) electrons. The van der Waals surface area contributed by atoms with E-state index in [9.17, 15) is 14.4 Å². The van der Waals surface area contributed by atoms with Gasteiger partial charge in [-0.15, -0.1) is 0 Å². The summed E-state index contributed by atoms with van der Waals surface area (Å²) in [7, 11) is 0. The van der Waals surface area contributed by atoms with Crippen LogP contribution in [-0.4, -0.2) is 48.3 Å². The Bertz CT molecular complexity index is 648. The van der Waals surface area contributed by atoms with Crippen LogP contribution in [0.5, 0.6) is 0 Å². The van der Waals surface area contributed by atoms with Gasteiger partial charge in [-0.2, -0.15) is 0 Å². The average Bonchev–Trinajstić information content (AvgIpc) is 2.66. The van der Waals surface area contributed by atoms with Crippen LogP contribution in [0.2, 0.25) is 5.02 Å². The number of nitrogens with zero attached hydrogens (tertiary/aromatic N) is 1. The summed E-state index contributed by atoms with van der Waals surface area (Å²) >= 11 is 5.86. The van der Waals surface area contributed by atoms with E-state index in [1.54, 1.807) is 36.1 Å². The van der Waals surface area contributed by atoms with E-state index in [2.05, 4.69) is 10.6 Å². The number of benzene rings is 1. The standard InChI is InChI=1S/C19H26ClN3O3/c1-3-10-21-17(24)13(2)22-18(25)15-5-4-11-23(12-15)19(26)14-6-8-16(20)9-7-14/h6-9,13,15H,3-5,10-12H2,1-2H3,(H,21,24)(H,22,25)/t13-,15-/m0/s1. The molecule has 0 spiro atoms. The van der Waals surface area contributed by atoms with Gasteiger partial charge < -0.3 is 15.5 Å². The van der Waals surface area contributed by atoms with Gasteiger partial charge in [0.1, 0.15) is 6.04 Å². The highest BCUT2D eigenvalue weighted by molar-refractivity contribution is 6.30. The van der Waals surface area contributed by atoms with Crippen LogP contribution in [0.15, 0.2) is 24.3 Å². The van der Waals surface area contributed by atoms with E-state index in [0.29, 0.717) is 36.6 Å². The van der Waals surface area contributed by atoms with E-state index in [-0.39, 0.29) is 23.6 Å². The second kappa shape index (κ2) is 9.57. The van der Waals surface area contributed by atoms with E-state index in [1.807, 2.05) is 6.92 Å². The lowest BCUT2D eigenvalue weighted by Crippen LogP contribution is -2.50. The normalized spacial score (nSPS) is 18.1. The van der Waals surface area contributed by atoms with Gasteiger partial charge in [0, 0.05) is 30.2 Å². The number of amides is 3. The molecule has 2 rings (SSSR count). The summed E-state index contributed by atoms with van der Waals surface area (Å²) in [5.74, 6) is -0.780. The molecule has 1 aliphatic heterocycles. The average molecular weight is 380 g/mol. The molecule has 1 aliphatic rings.